The molecule has 1 unspecified atom stereocenters. The smallest absolute Gasteiger partial charge is 0.324 e. The summed E-state index contributed by atoms with van der Waals surface area (Å²) in [6.07, 6.45) is 18.3. The Morgan fingerprint density at radius 2 is 0.958 bits per heavy atom. The fourth-order valence-corrected chi connectivity index (χ4v) is 10.3. The van der Waals surface area contributed by atoms with Crippen molar-refractivity contribution in [2.24, 2.45) is 0 Å². The lowest BCUT2D eigenvalue weighted by Gasteiger charge is -2.32. The van der Waals surface area contributed by atoms with E-state index in [0.717, 1.165) is 6.04 Å². The largest absolute Gasteiger partial charge is 0.436 e. The Bertz CT molecular complexity index is 279. The minimum atomic E-state index is -1.90. The van der Waals surface area contributed by atoms with Gasteiger partial charge in [-0.05, 0) is 32.2 Å². The second kappa shape index (κ2) is 14.5. The molecule has 0 radical (unpaired) electrons. The van der Waals surface area contributed by atoms with Gasteiger partial charge in [0.15, 0.2) is 8.32 Å². The van der Waals surface area contributed by atoms with E-state index < -0.39 is 16.9 Å². The van der Waals surface area contributed by atoms with Gasteiger partial charge < -0.3 is 8.54 Å². The predicted molar refractivity (Wildman–Crippen MR) is 114 cm³/mol. The van der Waals surface area contributed by atoms with E-state index in [2.05, 4.69) is 33.1 Å². The maximum Gasteiger partial charge on any atom is 0.324 e. The first-order valence-electron chi connectivity index (χ1n) is 10.6. The van der Waals surface area contributed by atoms with Crippen LogP contribution in [0.5, 0.6) is 0 Å². The van der Waals surface area contributed by atoms with Crippen molar-refractivity contribution in [2.75, 3.05) is 7.11 Å². The molecule has 0 amide bonds. The van der Waals surface area contributed by atoms with Crippen molar-refractivity contribution < 1.29 is 8.54 Å². The minimum Gasteiger partial charge on any atom is -0.436 e. The first-order chi connectivity index (χ1) is 11.3. The Labute approximate surface area is 155 Å². The van der Waals surface area contributed by atoms with E-state index in [-0.39, 0.29) is 0 Å². The highest BCUT2D eigenvalue weighted by Gasteiger charge is 2.34. The Morgan fingerprint density at radius 1 is 0.583 bits per heavy atom. The summed E-state index contributed by atoms with van der Waals surface area (Å²) in [4.78, 5) is 0. The summed E-state index contributed by atoms with van der Waals surface area (Å²) in [7, 11) is -1.54. The SMILES string of the molecule is CCCCCCCCCCCCCCC[Si](C)(OC)O[Si](C)(C)C. The Kier molecular flexibility index (Phi) is 14.7. The van der Waals surface area contributed by atoms with Gasteiger partial charge in [-0.25, -0.2) is 0 Å². The van der Waals surface area contributed by atoms with Gasteiger partial charge >= 0.3 is 8.56 Å². The van der Waals surface area contributed by atoms with Crippen LogP contribution in [0.4, 0.5) is 0 Å². The van der Waals surface area contributed by atoms with E-state index >= 15 is 0 Å². The molecule has 0 aliphatic heterocycles. The van der Waals surface area contributed by atoms with E-state index in [0.29, 0.717) is 0 Å². The lowest BCUT2D eigenvalue weighted by molar-refractivity contribution is 0.300. The maximum atomic E-state index is 6.34. The van der Waals surface area contributed by atoms with Gasteiger partial charge in [0.2, 0.25) is 0 Å². The van der Waals surface area contributed by atoms with Crippen molar-refractivity contribution in [3.05, 3.63) is 0 Å². The van der Waals surface area contributed by atoms with Crippen LogP contribution in [-0.2, 0) is 8.54 Å². The first-order valence-corrected chi connectivity index (χ1v) is 16.5. The molecule has 0 aliphatic rings. The number of rotatable bonds is 17. The van der Waals surface area contributed by atoms with Crippen LogP contribution in [0.25, 0.3) is 0 Å². The summed E-state index contributed by atoms with van der Waals surface area (Å²) < 4.78 is 12.1. The third-order valence-corrected chi connectivity index (χ3v) is 11.0. The summed E-state index contributed by atoms with van der Waals surface area (Å²) in [6.45, 7) is 11.3. The lowest BCUT2D eigenvalue weighted by Crippen LogP contribution is -2.46. The molecule has 0 aromatic heterocycles. The molecular formula is C20H46O2Si2. The highest BCUT2D eigenvalue weighted by Crippen LogP contribution is 2.22. The highest BCUT2D eigenvalue weighted by atomic mass is 28.4. The average molecular weight is 375 g/mol. The molecule has 0 bridgehead atoms. The van der Waals surface area contributed by atoms with Crippen molar-refractivity contribution in [1.29, 1.82) is 0 Å². The van der Waals surface area contributed by atoms with Crippen LogP contribution in [-0.4, -0.2) is 24.0 Å². The topological polar surface area (TPSA) is 18.5 Å². The quantitative estimate of drug-likeness (QED) is 0.192. The molecule has 0 saturated carbocycles. The minimum absolute atomic E-state index is 1.16. The predicted octanol–water partition coefficient (Wildman–Crippen LogP) is 7.65. The molecule has 0 heterocycles. The molecule has 0 aromatic carbocycles. The zero-order valence-electron chi connectivity index (χ0n) is 17.7. The van der Waals surface area contributed by atoms with Crippen LogP contribution in [0.15, 0.2) is 0 Å². The summed E-state index contributed by atoms with van der Waals surface area (Å²) in [5.41, 5.74) is 0. The molecule has 0 saturated heterocycles. The van der Waals surface area contributed by atoms with Gasteiger partial charge in [-0.3, -0.25) is 0 Å². The van der Waals surface area contributed by atoms with Crippen LogP contribution in [0.2, 0.25) is 32.2 Å². The number of hydrogen-bond acceptors (Lipinski definition) is 2. The molecule has 0 N–H and O–H groups in total. The van der Waals surface area contributed by atoms with E-state index in [1.807, 2.05) is 7.11 Å². The second-order valence-electron chi connectivity index (χ2n) is 8.55. The van der Waals surface area contributed by atoms with Crippen molar-refractivity contribution in [2.45, 2.75) is 123 Å². The zero-order valence-corrected chi connectivity index (χ0v) is 19.7. The Hall–Kier alpha value is 0.354. The molecule has 0 spiro atoms. The lowest BCUT2D eigenvalue weighted by atomic mass is 10.1. The fraction of sp³-hybridized carbons (Fsp3) is 1.00. The molecule has 0 rings (SSSR count). The first kappa shape index (κ1) is 24.4. The van der Waals surface area contributed by atoms with Gasteiger partial charge in [0.1, 0.15) is 0 Å². The van der Waals surface area contributed by atoms with Crippen LogP contribution < -0.4 is 0 Å². The summed E-state index contributed by atoms with van der Waals surface area (Å²) in [5, 5.41) is 0. The van der Waals surface area contributed by atoms with E-state index in [1.165, 1.54) is 83.5 Å². The Balaban J connectivity index is 3.44. The van der Waals surface area contributed by atoms with Crippen molar-refractivity contribution >= 4 is 16.9 Å². The van der Waals surface area contributed by atoms with Crippen molar-refractivity contribution in [3.8, 4) is 0 Å². The summed E-state index contributed by atoms with van der Waals surface area (Å²) in [6, 6.07) is 1.16. The van der Waals surface area contributed by atoms with Crippen LogP contribution in [0, 0.1) is 0 Å². The molecule has 1 atom stereocenters. The average Bonchev–Trinajstić information content (AvgIpc) is 2.50. The van der Waals surface area contributed by atoms with Gasteiger partial charge in [0.25, 0.3) is 0 Å². The number of hydrogen-bond donors (Lipinski definition) is 0. The highest BCUT2D eigenvalue weighted by molar-refractivity contribution is 6.81. The fourth-order valence-electron chi connectivity index (χ4n) is 3.31. The maximum absolute atomic E-state index is 6.34. The van der Waals surface area contributed by atoms with Gasteiger partial charge in [-0.2, -0.15) is 0 Å². The molecule has 0 aliphatic carbocycles. The third kappa shape index (κ3) is 15.9. The molecule has 0 fully saturated rings. The van der Waals surface area contributed by atoms with Gasteiger partial charge in [0, 0.05) is 7.11 Å². The summed E-state index contributed by atoms with van der Waals surface area (Å²) in [5.74, 6) is 0. The van der Waals surface area contributed by atoms with E-state index in [4.69, 9.17) is 8.54 Å². The zero-order chi connectivity index (χ0) is 18.3. The monoisotopic (exact) mass is 374 g/mol. The van der Waals surface area contributed by atoms with Gasteiger partial charge in [0.05, 0.1) is 0 Å². The normalized spacial score (nSPS) is 14.8. The molecule has 24 heavy (non-hydrogen) atoms. The van der Waals surface area contributed by atoms with Crippen LogP contribution >= 0.6 is 0 Å². The third-order valence-electron chi connectivity index (χ3n) is 4.69. The second-order valence-corrected chi connectivity index (χ2v) is 16.8. The van der Waals surface area contributed by atoms with Crippen molar-refractivity contribution in [1.82, 2.24) is 0 Å². The van der Waals surface area contributed by atoms with Crippen LogP contribution in [0.3, 0.4) is 0 Å². The standard InChI is InChI=1S/C20H46O2Si2/c1-7-8-9-10-11-12-13-14-15-16-17-18-19-20-24(6,21-2)22-23(3,4)5/h7-20H2,1-6H3. The number of unbranched alkanes of at least 4 members (excludes halogenated alkanes) is 12. The van der Waals surface area contributed by atoms with Gasteiger partial charge in [-0.1, -0.05) is 90.4 Å². The van der Waals surface area contributed by atoms with E-state index in [1.54, 1.807) is 0 Å². The van der Waals surface area contributed by atoms with E-state index in [9.17, 15) is 0 Å². The summed E-state index contributed by atoms with van der Waals surface area (Å²) >= 11 is 0. The molecule has 146 valence electrons. The molecule has 0 aromatic rings. The van der Waals surface area contributed by atoms with Crippen LogP contribution in [0.1, 0.15) is 90.4 Å². The molecular weight excluding hydrogens is 328 g/mol. The molecule has 4 heteroatoms. The van der Waals surface area contributed by atoms with Gasteiger partial charge in [-0.15, -0.1) is 0 Å². The van der Waals surface area contributed by atoms with Crippen molar-refractivity contribution in [3.63, 3.8) is 0 Å². The molecule has 2 nitrogen and oxygen atoms in total. The Morgan fingerprint density at radius 3 is 1.29 bits per heavy atom.